The average Bonchev–Trinajstić information content (AvgIpc) is 2.46. The standard InChI is InChI=1S/C16H14Cl2FNO/c1-10(14-8-5-12(17)9-15(14)18)20(2)16(21)11-3-6-13(19)7-4-11/h3-10H,1-2H3. The molecule has 0 saturated heterocycles. The van der Waals surface area contributed by atoms with Crippen molar-refractivity contribution < 1.29 is 9.18 Å². The summed E-state index contributed by atoms with van der Waals surface area (Å²) in [7, 11) is 1.68. The van der Waals surface area contributed by atoms with E-state index >= 15 is 0 Å². The molecule has 1 unspecified atom stereocenters. The largest absolute Gasteiger partial charge is 0.335 e. The molecule has 0 saturated carbocycles. The first-order valence-electron chi connectivity index (χ1n) is 6.38. The molecule has 0 bridgehead atoms. The highest BCUT2D eigenvalue weighted by molar-refractivity contribution is 6.35. The first kappa shape index (κ1) is 15.8. The lowest BCUT2D eigenvalue weighted by atomic mass is 10.1. The van der Waals surface area contributed by atoms with Gasteiger partial charge >= 0.3 is 0 Å². The summed E-state index contributed by atoms with van der Waals surface area (Å²) in [5.41, 5.74) is 1.23. The van der Waals surface area contributed by atoms with E-state index in [-0.39, 0.29) is 17.8 Å². The summed E-state index contributed by atoms with van der Waals surface area (Å²) in [6.07, 6.45) is 0. The fourth-order valence-corrected chi connectivity index (χ4v) is 2.59. The van der Waals surface area contributed by atoms with Gasteiger partial charge in [0.05, 0.1) is 6.04 Å². The third-order valence-corrected chi connectivity index (χ3v) is 3.97. The van der Waals surface area contributed by atoms with Crippen LogP contribution in [0.1, 0.15) is 28.9 Å². The third-order valence-electron chi connectivity index (χ3n) is 3.41. The molecule has 0 N–H and O–H groups in total. The fourth-order valence-electron chi connectivity index (χ4n) is 2.02. The zero-order valence-corrected chi connectivity index (χ0v) is 13.1. The number of rotatable bonds is 3. The highest BCUT2D eigenvalue weighted by Crippen LogP contribution is 2.29. The van der Waals surface area contributed by atoms with Crippen LogP contribution in [-0.2, 0) is 0 Å². The van der Waals surface area contributed by atoms with Gasteiger partial charge in [0.15, 0.2) is 0 Å². The average molecular weight is 326 g/mol. The molecule has 2 aromatic rings. The van der Waals surface area contributed by atoms with Crippen LogP contribution in [0.5, 0.6) is 0 Å². The van der Waals surface area contributed by atoms with E-state index in [4.69, 9.17) is 23.2 Å². The lowest BCUT2D eigenvalue weighted by Gasteiger charge is -2.26. The molecule has 0 spiro atoms. The predicted molar refractivity (Wildman–Crippen MR) is 83.4 cm³/mol. The van der Waals surface area contributed by atoms with Crippen LogP contribution in [0.15, 0.2) is 42.5 Å². The van der Waals surface area contributed by atoms with Crippen molar-refractivity contribution >= 4 is 29.1 Å². The summed E-state index contributed by atoms with van der Waals surface area (Å²) in [5.74, 6) is -0.573. The molecule has 0 radical (unpaired) electrons. The molecule has 1 atom stereocenters. The van der Waals surface area contributed by atoms with Crippen molar-refractivity contribution in [3.8, 4) is 0 Å². The van der Waals surface area contributed by atoms with E-state index in [1.54, 1.807) is 30.1 Å². The van der Waals surface area contributed by atoms with Crippen LogP contribution in [0, 0.1) is 5.82 Å². The maximum absolute atomic E-state index is 12.9. The molecule has 0 aliphatic heterocycles. The summed E-state index contributed by atoms with van der Waals surface area (Å²) in [4.78, 5) is 13.9. The van der Waals surface area contributed by atoms with Crippen molar-refractivity contribution in [2.75, 3.05) is 7.05 Å². The first-order valence-corrected chi connectivity index (χ1v) is 7.13. The van der Waals surface area contributed by atoms with Gasteiger partial charge in [0.25, 0.3) is 5.91 Å². The molecule has 21 heavy (non-hydrogen) atoms. The van der Waals surface area contributed by atoms with E-state index in [0.717, 1.165) is 5.56 Å². The van der Waals surface area contributed by atoms with Gasteiger partial charge in [0.1, 0.15) is 5.82 Å². The van der Waals surface area contributed by atoms with Crippen LogP contribution in [0.25, 0.3) is 0 Å². The van der Waals surface area contributed by atoms with Crippen LogP contribution >= 0.6 is 23.2 Å². The number of hydrogen-bond acceptors (Lipinski definition) is 1. The van der Waals surface area contributed by atoms with E-state index in [1.807, 2.05) is 6.92 Å². The molecular weight excluding hydrogens is 312 g/mol. The Hall–Kier alpha value is -1.58. The molecule has 2 aromatic carbocycles. The highest BCUT2D eigenvalue weighted by Gasteiger charge is 2.20. The van der Waals surface area contributed by atoms with Crippen molar-refractivity contribution in [1.82, 2.24) is 4.90 Å². The number of carbonyl (C=O) groups excluding carboxylic acids is 1. The van der Waals surface area contributed by atoms with Crippen molar-refractivity contribution in [3.05, 3.63) is 69.5 Å². The van der Waals surface area contributed by atoms with Gasteiger partial charge in [-0.15, -0.1) is 0 Å². The smallest absolute Gasteiger partial charge is 0.254 e. The van der Waals surface area contributed by atoms with Crippen molar-refractivity contribution in [3.63, 3.8) is 0 Å². The van der Waals surface area contributed by atoms with Crippen LogP contribution in [0.4, 0.5) is 4.39 Å². The Morgan fingerprint density at radius 1 is 1.14 bits per heavy atom. The number of benzene rings is 2. The minimum absolute atomic E-state index is 0.200. The third kappa shape index (κ3) is 3.55. The van der Waals surface area contributed by atoms with Crippen LogP contribution in [0.2, 0.25) is 10.0 Å². The topological polar surface area (TPSA) is 20.3 Å². The van der Waals surface area contributed by atoms with Gasteiger partial charge in [-0.1, -0.05) is 29.3 Å². The van der Waals surface area contributed by atoms with Gasteiger partial charge in [0.2, 0.25) is 0 Å². The lowest BCUT2D eigenvalue weighted by molar-refractivity contribution is 0.0742. The van der Waals surface area contributed by atoms with Gasteiger partial charge in [-0.2, -0.15) is 0 Å². The number of carbonyl (C=O) groups is 1. The highest BCUT2D eigenvalue weighted by atomic mass is 35.5. The Labute approximate surface area is 133 Å². The maximum Gasteiger partial charge on any atom is 0.254 e. The van der Waals surface area contributed by atoms with Gasteiger partial charge < -0.3 is 4.90 Å². The Balaban J connectivity index is 2.24. The number of nitrogens with zero attached hydrogens (tertiary/aromatic N) is 1. The maximum atomic E-state index is 12.9. The minimum Gasteiger partial charge on any atom is -0.335 e. The lowest BCUT2D eigenvalue weighted by Crippen LogP contribution is -2.29. The summed E-state index contributed by atoms with van der Waals surface area (Å²) < 4.78 is 12.9. The monoisotopic (exact) mass is 325 g/mol. The van der Waals surface area contributed by atoms with Gasteiger partial charge in [-0.3, -0.25) is 4.79 Å². The van der Waals surface area contributed by atoms with E-state index in [0.29, 0.717) is 15.6 Å². The Kier molecular flexibility index (Phi) is 4.86. The predicted octanol–water partition coefficient (Wildman–Crippen LogP) is 4.97. The molecule has 2 nitrogen and oxygen atoms in total. The van der Waals surface area contributed by atoms with E-state index in [2.05, 4.69) is 0 Å². The fraction of sp³-hybridized carbons (Fsp3) is 0.188. The van der Waals surface area contributed by atoms with E-state index < -0.39 is 0 Å². The normalized spacial score (nSPS) is 12.0. The second kappa shape index (κ2) is 6.46. The minimum atomic E-state index is -0.372. The van der Waals surface area contributed by atoms with Crippen molar-refractivity contribution in [2.45, 2.75) is 13.0 Å². The summed E-state index contributed by atoms with van der Waals surface area (Å²) in [6, 6.07) is 10.4. The van der Waals surface area contributed by atoms with Gasteiger partial charge in [0, 0.05) is 22.7 Å². The second-order valence-corrected chi connectivity index (χ2v) is 5.61. The molecule has 0 aromatic heterocycles. The quantitative estimate of drug-likeness (QED) is 0.780. The second-order valence-electron chi connectivity index (χ2n) is 4.76. The molecular formula is C16H14Cl2FNO. The first-order chi connectivity index (χ1) is 9.90. The van der Waals surface area contributed by atoms with E-state index in [1.165, 1.54) is 24.3 Å². The molecule has 5 heteroatoms. The Bertz CT molecular complexity index is 658. The number of hydrogen-bond donors (Lipinski definition) is 0. The van der Waals surface area contributed by atoms with Crippen LogP contribution in [0.3, 0.4) is 0 Å². The molecule has 0 fully saturated rings. The summed E-state index contributed by atoms with van der Waals surface area (Å²) in [6.45, 7) is 1.87. The molecule has 0 heterocycles. The van der Waals surface area contributed by atoms with Crippen LogP contribution in [-0.4, -0.2) is 17.9 Å². The molecule has 0 aliphatic carbocycles. The Morgan fingerprint density at radius 2 is 1.76 bits per heavy atom. The number of amides is 1. The van der Waals surface area contributed by atoms with Crippen LogP contribution < -0.4 is 0 Å². The SMILES string of the molecule is CC(c1ccc(Cl)cc1Cl)N(C)C(=O)c1ccc(F)cc1. The molecule has 110 valence electrons. The van der Waals surface area contributed by atoms with Crippen molar-refractivity contribution in [1.29, 1.82) is 0 Å². The zero-order valence-electron chi connectivity index (χ0n) is 11.6. The molecule has 2 rings (SSSR count). The van der Waals surface area contributed by atoms with Gasteiger partial charge in [-0.25, -0.2) is 4.39 Å². The molecule has 0 aliphatic rings. The zero-order chi connectivity index (χ0) is 15.6. The Morgan fingerprint density at radius 3 is 2.33 bits per heavy atom. The van der Waals surface area contributed by atoms with Gasteiger partial charge in [-0.05, 0) is 48.9 Å². The van der Waals surface area contributed by atoms with E-state index in [9.17, 15) is 9.18 Å². The van der Waals surface area contributed by atoms with Crippen molar-refractivity contribution in [2.24, 2.45) is 0 Å². The summed E-state index contributed by atoms with van der Waals surface area (Å²) >= 11 is 12.0. The molecule has 1 amide bonds. The summed E-state index contributed by atoms with van der Waals surface area (Å²) in [5, 5.41) is 1.05. The number of halogens is 3.